The van der Waals surface area contributed by atoms with Gasteiger partial charge >= 0.3 is 0 Å². The van der Waals surface area contributed by atoms with Crippen molar-refractivity contribution in [1.82, 2.24) is 20.3 Å². The van der Waals surface area contributed by atoms with Crippen molar-refractivity contribution < 1.29 is 36.6 Å². The average Bonchev–Trinajstić information content (AvgIpc) is 3.50. The summed E-state index contributed by atoms with van der Waals surface area (Å²) in [5.41, 5.74) is 1.34. The van der Waals surface area contributed by atoms with Gasteiger partial charge in [-0.2, -0.15) is 0 Å². The van der Waals surface area contributed by atoms with E-state index in [0.717, 1.165) is 48.6 Å². The largest absolute Gasteiger partial charge is 0.390 e. The Morgan fingerprint density at radius 3 is 2.34 bits per heavy atom. The molecule has 0 unspecified atom stereocenters. The summed E-state index contributed by atoms with van der Waals surface area (Å²) in [4.78, 5) is 29.0. The molecule has 0 aliphatic carbocycles. The molecule has 1 heterocycles. The molecule has 2 amide bonds. The van der Waals surface area contributed by atoms with E-state index < -0.39 is 51.2 Å². The van der Waals surface area contributed by atoms with Crippen molar-refractivity contribution in [2.45, 2.75) is 88.5 Å². The summed E-state index contributed by atoms with van der Waals surface area (Å²) in [6.45, 7) is 8.25. The zero-order valence-corrected chi connectivity index (χ0v) is 30.1. The molecule has 3 aromatic carbocycles. The fourth-order valence-electron chi connectivity index (χ4n) is 6.09. The van der Waals surface area contributed by atoms with E-state index in [-0.39, 0.29) is 40.6 Å². The third-order valence-electron chi connectivity index (χ3n) is 8.40. The summed E-state index contributed by atoms with van der Waals surface area (Å²) in [6, 6.07) is 13.4. The normalized spacial score (nSPS) is 16.3. The molecular weight excluding hydrogens is 666 g/mol. The van der Waals surface area contributed by atoms with E-state index in [1.54, 1.807) is 25.7 Å². The van der Waals surface area contributed by atoms with Crippen LogP contribution < -0.4 is 15.4 Å². The highest BCUT2D eigenvalue weighted by Crippen LogP contribution is 2.24. The molecule has 50 heavy (non-hydrogen) atoms. The minimum atomic E-state index is -4.19. The van der Waals surface area contributed by atoms with Gasteiger partial charge in [0.1, 0.15) is 11.6 Å². The number of aliphatic hydroxyl groups is 1. The van der Waals surface area contributed by atoms with Crippen molar-refractivity contribution >= 4 is 21.8 Å². The number of halogens is 2. The third-order valence-corrected chi connectivity index (χ3v) is 10.1. The van der Waals surface area contributed by atoms with Crippen LogP contribution >= 0.6 is 0 Å². The number of aryl methyl sites for hydroxylation is 1. The van der Waals surface area contributed by atoms with Crippen LogP contribution in [-0.2, 0) is 34.1 Å². The highest BCUT2D eigenvalue weighted by Gasteiger charge is 2.32. The van der Waals surface area contributed by atoms with Crippen LogP contribution in [0.4, 0.5) is 8.78 Å². The number of sulfonamides is 1. The van der Waals surface area contributed by atoms with Crippen LogP contribution in [0.25, 0.3) is 0 Å². The number of nitrogens with one attached hydrogen (secondary N) is 3. The Morgan fingerprint density at radius 1 is 1.00 bits per heavy atom. The summed E-state index contributed by atoms with van der Waals surface area (Å²) in [7, 11) is -2.65. The summed E-state index contributed by atoms with van der Waals surface area (Å²) in [6.07, 6.45) is 0.956. The number of hydrogen-bond donors (Lipinski definition) is 4. The number of amides is 2. The molecule has 0 aromatic heterocycles. The van der Waals surface area contributed by atoms with E-state index in [4.69, 9.17) is 4.74 Å². The molecular formula is C37H48F2N4O6S. The summed E-state index contributed by atoms with van der Waals surface area (Å²) >= 11 is 0. The van der Waals surface area contributed by atoms with Crippen LogP contribution in [0.3, 0.4) is 0 Å². The second-order valence-electron chi connectivity index (χ2n) is 13.8. The number of carbonyl (C=O) groups is 2. The van der Waals surface area contributed by atoms with Gasteiger partial charge in [-0.05, 0) is 93.5 Å². The predicted octanol–water partition coefficient (Wildman–Crippen LogP) is 4.35. The molecule has 0 radical (unpaired) electrons. The lowest BCUT2D eigenvalue weighted by Crippen LogP contribution is -2.48. The molecule has 3 aromatic rings. The number of carbonyl (C=O) groups excluding carboxylic acids is 2. The Morgan fingerprint density at radius 2 is 1.68 bits per heavy atom. The first-order valence-corrected chi connectivity index (χ1v) is 18.3. The van der Waals surface area contributed by atoms with Gasteiger partial charge in [0, 0.05) is 49.5 Å². The van der Waals surface area contributed by atoms with Gasteiger partial charge in [0.2, 0.25) is 10.0 Å². The molecule has 1 saturated heterocycles. The Bertz CT molecular complexity index is 1740. The molecule has 1 aliphatic rings. The molecule has 13 heteroatoms. The fraction of sp³-hybridized carbons (Fsp3) is 0.459. The van der Waals surface area contributed by atoms with E-state index in [9.17, 15) is 31.9 Å². The number of rotatable bonds is 15. The number of benzene rings is 3. The number of hydrogen-bond acceptors (Lipinski definition) is 7. The minimum absolute atomic E-state index is 0.00443. The first-order valence-electron chi connectivity index (χ1n) is 16.8. The van der Waals surface area contributed by atoms with Gasteiger partial charge < -0.3 is 25.4 Å². The highest BCUT2D eigenvalue weighted by molar-refractivity contribution is 7.89. The van der Waals surface area contributed by atoms with Gasteiger partial charge in [0.25, 0.3) is 11.8 Å². The second kappa shape index (κ2) is 17.0. The maximum absolute atomic E-state index is 14.1. The van der Waals surface area contributed by atoms with Crippen molar-refractivity contribution in [3.63, 3.8) is 0 Å². The van der Waals surface area contributed by atoms with Crippen molar-refractivity contribution in [3.8, 4) is 0 Å². The molecule has 0 spiro atoms. The van der Waals surface area contributed by atoms with Crippen molar-refractivity contribution in [2.75, 3.05) is 26.8 Å². The van der Waals surface area contributed by atoms with E-state index >= 15 is 0 Å². The number of methoxy groups -OCH3 is 1. The van der Waals surface area contributed by atoms with Crippen molar-refractivity contribution in [2.24, 2.45) is 0 Å². The van der Waals surface area contributed by atoms with Gasteiger partial charge in [-0.25, -0.2) is 21.9 Å². The molecule has 1 fully saturated rings. The maximum Gasteiger partial charge on any atom is 0.254 e. The Balaban J connectivity index is 1.66. The van der Waals surface area contributed by atoms with Gasteiger partial charge in [-0.3, -0.25) is 9.59 Å². The number of aliphatic hydroxyl groups excluding tert-OH is 1. The molecule has 0 saturated carbocycles. The lowest BCUT2D eigenvalue weighted by molar-refractivity contribution is 0.0630. The van der Waals surface area contributed by atoms with E-state index in [0.29, 0.717) is 19.7 Å². The Hall–Kier alpha value is -3.75. The van der Waals surface area contributed by atoms with Crippen LogP contribution in [0.15, 0.2) is 65.6 Å². The van der Waals surface area contributed by atoms with Gasteiger partial charge in [0.15, 0.2) is 0 Å². The lowest BCUT2D eigenvalue weighted by atomic mass is 9.99. The van der Waals surface area contributed by atoms with Crippen molar-refractivity contribution in [1.29, 1.82) is 0 Å². The first-order chi connectivity index (χ1) is 23.6. The summed E-state index contributed by atoms with van der Waals surface area (Å²) in [5, 5.41) is 17.2. The molecule has 0 bridgehead atoms. The fourth-order valence-corrected chi connectivity index (χ4v) is 7.58. The van der Waals surface area contributed by atoms with Crippen LogP contribution in [-0.4, -0.2) is 80.8 Å². The molecule has 4 N–H and O–H groups in total. The first kappa shape index (κ1) is 39.0. The van der Waals surface area contributed by atoms with E-state index in [1.807, 2.05) is 24.3 Å². The van der Waals surface area contributed by atoms with Gasteiger partial charge in [-0.15, -0.1) is 0 Å². The van der Waals surface area contributed by atoms with Gasteiger partial charge in [0.05, 0.1) is 29.7 Å². The Labute approximate surface area is 293 Å². The molecule has 272 valence electrons. The number of ether oxygens (including phenoxy) is 1. The smallest absolute Gasteiger partial charge is 0.254 e. The zero-order valence-electron chi connectivity index (χ0n) is 29.3. The topological polar surface area (TPSA) is 137 Å². The standard InChI is InChI=1S/C37H48F2N4O6S/c1-6-24-9-7-10-25(13-24)21-40-22-34(44)33(16-26-14-29(38)20-30(39)15-26)41-35(45)27-17-28(36(46)43-12-8-11-31(43)23-49-5)19-32(18-27)50(47,48)42-37(2,3)4/h7,9-10,13-15,17-20,31,33-34,40,42,44H,6,8,11-12,16,21-23H2,1-5H3,(H,41,45)/t31-,33-,34-/m0/s1. The summed E-state index contributed by atoms with van der Waals surface area (Å²) in [5.74, 6) is -2.85. The molecule has 1 aliphatic heterocycles. The lowest BCUT2D eigenvalue weighted by Gasteiger charge is -2.26. The maximum atomic E-state index is 14.1. The summed E-state index contributed by atoms with van der Waals surface area (Å²) < 4.78 is 63.1. The SMILES string of the molecule is CCc1cccc(CNC[C@H](O)[C@H](Cc2cc(F)cc(F)c2)NC(=O)c2cc(C(=O)N3CCC[C@H]3COC)cc(S(=O)(=O)NC(C)(C)C)c2)c1. The second-order valence-corrected chi connectivity index (χ2v) is 15.5. The molecule has 3 atom stereocenters. The number of nitrogens with zero attached hydrogens (tertiary/aromatic N) is 1. The minimum Gasteiger partial charge on any atom is -0.390 e. The zero-order chi connectivity index (χ0) is 36.6. The van der Waals surface area contributed by atoms with Crippen LogP contribution in [0.2, 0.25) is 0 Å². The van der Waals surface area contributed by atoms with Crippen LogP contribution in [0, 0.1) is 11.6 Å². The van der Waals surface area contributed by atoms with E-state index in [1.165, 1.54) is 25.3 Å². The molecule has 10 nitrogen and oxygen atoms in total. The Kier molecular flexibility index (Phi) is 13.3. The highest BCUT2D eigenvalue weighted by atomic mass is 32.2. The number of likely N-dealkylation sites (tertiary alicyclic amines) is 1. The van der Waals surface area contributed by atoms with Crippen LogP contribution in [0.1, 0.15) is 77.9 Å². The predicted molar refractivity (Wildman–Crippen MR) is 187 cm³/mol. The third kappa shape index (κ3) is 10.9. The van der Waals surface area contributed by atoms with E-state index in [2.05, 4.69) is 22.3 Å². The monoisotopic (exact) mass is 714 g/mol. The molecule has 4 rings (SSSR count). The van der Waals surface area contributed by atoms with Crippen LogP contribution in [0.5, 0.6) is 0 Å². The quantitative estimate of drug-likeness (QED) is 0.184. The van der Waals surface area contributed by atoms with Crippen molar-refractivity contribution in [3.05, 3.63) is 100 Å². The van der Waals surface area contributed by atoms with Gasteiger partial charge in [-0.1, -0.05) is 31.2 Å². The average molecular weight is 715 g/mol.